The van der Waals surface area contributed by atoms with Crippen LogP contribution in [0.5, 0.6) is 0 Å². The minimum absolute atomic E-state index is 0.104. The van der Waals surface area contributed by atoms with Gasteiger partial charge in [-0.25, -0.2) is 9.13 Å². The van der Waals surface area contributed by atoms with Crippen LogP contribution in [0.25, 0.3) is 0 Å². The third-order valence-electron chi connectivity index (χ3n) is 17.2. The van der Waals surface area contributed by atoms with Crippen molar-refractivity contribution < 1.29 is 80.2 Å². The van der Waals surface area contributed by atoms with E-state index in [9.17, 15) is 43.2 Å². The Labute approximate surface area is 562 Å². The van der Waals surface area contributed by atoms with Gasteiger partial charge in [0.25, 0.3) is 0 Å². The largest absolute Gasteiger partial charge is 0.472 e. The van der Waals surface area contributed by atoms with E-state index in [0.29, 0.717) is 25.7 Å². The second-order valence-electron chi connectivity index (χ2n) is 27.5. The number of hydrogen-bond donors (Lipinski definition) is 3. The van der Waals surface area contributed by atoms with Crippen LogP contribution < -0.4 is 0 Å². The van der Waals surface area contributed by atoms with E-state index < -0.39 is 97.5 Å². The fourth-order valence-corrected chi connectivity index (χ4v) is 12.6. The number of ether oxygens (including phenoxy) is 4. The predicted molar refractivity (Wildman–Crippen MR) is 372 cm³/mol. The fraction of sp³-hybridized carbons (Fsp3) is 0.945. The Bertz CT molecular complexity index is 1800. The quantitative estimate of drug-likeness (QED) is 0.0222. The molecule has 3 N–H and O–H groups in total. The number of hydrogen-bond acceptors (Lipinski definition) is 15. The summed E-state index contributed by atoms with van der Waals surface area (Å²) in [6, 6.07) is 0. The lowest BCUT2D eigenvalue weighted by Crippen LogP contribution is -2.30. The Morgan fingerprint density at radius 3 is 0.826 bits per heavy atom. The zero-order chi connectivity index (χ0) is 68.0. The highest BCUT2D eigenvalue weighted by atomic mass is 31.2. The molecule has 0 aliphatic heterocycles. The molecular formula is C73H142O17P2. The maximum atomic E-state index is 13.0. The molecular weight excluding hydrogens is 1210 g/mol. The molecule has 0 aliphatic carbocycles. The van der Waals surface area contributed by atoms with Gasteiger partial charge in [-0.2, -0.15) is 0 Å². The van der Waals surface area contributed by atoms with E-state index in [4.69, 9.17) is 37.0 Å². The average molecular weight is 1350 g/mol. The molecule has 0 spiro atoms. The molecule has 0 fully saturated rings. The van der Waals surface area contributed by atoms with Crippen LogP contribution >= 0.6 is 15.6 Å². The number of phosphoric ester groups is 2. The molecule has 0 aromatic heterocycles. The first-order valence-electron chi connectivity index (χ1n) is 37.9. The molecule has 0 bridgehead atoms. The van der Waals surface area contributed by atoms with Gasteiger partial charge in [0.1, 0.15) is 19.3 Å². The molecule has 92 heavy (non-hydrogen) atoms. The van der Waals surface area contributed by atoms with E-state index in [0.717, 1.165) is 120 Å². The molecule has 19 heteroatoms. The number of esters is 4. The van der Waals surface area contributed by atoms with Gasteiger partial charge in [0.15, 0.2) is 12.2 Å². The molecule has 0 aromatic rings. The minimum Gasteiger partial charge on any atom is -0.462 e. The van der Waals surface area contributed by atoms with Crippen molar-refractivity contribution >= 4 is 39.5 Å². The van der Waals surface area contributed by atoms with E-state index in [1.807, 2.05) is 0 Å². The predicted octanol–water partition coefficient (Wildman–Crippen LogP) is 21.0. The van der Waals surface area contributed by atoms with Gasteiger partial charge in [-0.1, -0.05) is 318 Å². The van der Waals surface area contributed by atoms with Gasteiger partial charge in [-0.05, 0) is 43.4 Å². The molecule has 17 nitrogen and oxygen atoms in total. The highest BCUT2D eigenvalue weighted by Gasteiger charge is 2.30. The van der Waals surface area contributed by atoms with Gasteiger partial charge in [0.2, 0.25) is 0 Å². The van der Waals surface area contributed by atoms with Crippen LogP contribution in [0.2, 0.25) is 0 Å². The molecule has 0 aromatic carbocycles. The summed E-state index contributed by atoms with van der Waals surface area (Å²) in [5.74, 6) is 0.204. The van der Waals surface area contributed by atoms with Gasteiger partial charge < -0.3 is 33.8 Å². The van der Waals surface area contributed by atoms with Crippen LogP contribution in [0.3, 0.4) is 0 Å². The maximum Gasteiger partial charge on any atom is 0.472 e. The molecule has 0 amide bonds. The molecule has 546 valence electrons. The summed E-state index contributed by atoms with van der Waals surface area (Å²) >= 11 is 0. The summed E-state index contributed by atoms with van der Waals surface area (Å²) in [6.07, 6.45) is 48.9. The third-order valence-corrected chi connectivity index (χ3v) is 19.1. The average Bonchev–Trinajstić information content (AvgIpc) is 3.66. The van der Waals surface area contributed by atoms with Crippen LogP contribution in [0.4, 0.5) is 0 Å². The Hall–Kier alpha value is -1.94. The van der Waals surface area contributed by atoms with Crippen LogP contribution in [0.15, 0.2) is 0 Å². The van der Waals surface area contributed by atoms with Crippen molar-refractivity contribution in [1.29, 1.82) is 0 Å². The van der Waals surface area contributed by atoms with Crippen molar-refractivity contribution in [3.8, 4) is 0 Å². The van der Waals surface area contributed by atoms with Gasteiger partial charge in [-0.15, -0.1) is 0 Å². The van der Waals surface area contributed by atoms with E-state index in [-0.39, 0.29) is 25.7 Å². The molecule has 0 heterocycles. The van der Waals surface area contributed by atoms with Crippen LogP contribution in [0, 0.1) is 17.8 Å². The number of unbranched alkanes of at least 4 members (excludes halogenated alkanes) is 38. The van der Waals surface area contributed by atoms with E-state index in [1.165, 1.54) is 167 Å². The fourth-order valence-electron chi connectivity index (χ4n) is 11.0. The highest BCUT2D eigenvalue weighted by molar-refractivity contribution is 7.47. The number of rotatable bonds is 71. The van der Waals surface area contributed by atoms with Crippen molar-refractivity contribution in [3.05, 3.63) is 0 Å². The van der Waals surface area contributed by atoms with Crippen LogP contribution in [-0.2, 0) is 65.4 Å². The number of carbonyl (C=O) groups is 4. The van der Waals surface area contributed by atoms with Gasteiger partial charge >= 0.3 is 39.5 Å². The van der Waals surface area contributed by atoms with Gasteiger partial charge in [-0.3, -0.25) is 37.3 Å². The lowest BCUT2D eigenvalue weighted by molar-refractivity contribution is -0.161. The first-order valence-corrected chi connectivity index (χ1v) is 40.9. The summed E-state index contributed by atoms with van der Waals surface area (Å²) in [5.41, 5.74) is 0. The molecule has 3 unspecified atom stereocenters. The maximum absolute atomic E-state index is 13.0. The van der Waals surface area contributed by atoms with E-state index >= 15 is 0 Å². The Morgan fingerprint density at radius 1 is 0.315 bits per heavy atom. The van der Waals surface area contributed by atoms with Crippen LogP contribution in [0.1, 0.15) is 370 Å². The topological polar surface area (TPSA) is 237 Å². The number of carbonyl (C=O) groups excluding carboxylic acids is 4. The Kier molecular flexibility index (Phi) is 62.4. The van der Waals surface area contributed by atoms with Gasteiger partial charge in [0, 0.05) is 25.7 Å². The second kappa shape index (κ2) is 63.8. The van der Waals surface area contributed by atoms with Gasteiger partial charge in [0.05, 0.1) is 26.4 Å². The van der Waals surface area contributed by atoms with Crippen LogP contribution in [-0.4, -0.2) is 96.7 Å². The molecule has 0 saturated heterocycles. The molecule has 0 saturated carbocycles. The lowest BCUT2D eigenvalue weighted by atomic mass is 9.99. The summed E-state index contributed by atoms with van der Waals surface area (Å²) in [7, 11) is -9.90. The number of aliphatic hydroxyl groups is 1. The van der Waals surface area contributed by atoms with E-state index in [2.05, 4.69) is 48.5 Å². The second-order valence-corrected chi connectivity index (χ2v) is 30.4. The van der Waals surface area contributed by atoms with Crippen molar-refractivity contribution in [1.82, 2.24) is 0 Å². The molecule has 0 radical (unpaired) electrons. The smallest absolute Gasteiger partial charge is 0.462 e. The summed E-state index contributed by atoms with van der Waals surface area (Å²) < 4.78 is 68.2. The molecule has 6 atom stereocenters. The monoisotopic (exact) mass is 1350 g/mol. The highest BCUT2D eigenvalue weighted by Crippen LogP contribution is 2.45. The zero-order valence-electron chi connectivity index (χ0n) is 60.0. The van der Waals surface area contributed by atoms with Crippen molar-refractivity contribution in [2.75, 3.05) is 39.6 Å². The minimum atomic E-state index is -4.95. The van der Waals surface area contributed by atoms with Crippen molar-refractivity contribution in [2.45, 2.75) is 388 Å². The normalized spacial score (nSPS) is 14.4. The number of phosphoric acid groups is 2. The standard InChI is InChI=1S/C73H142O17P2/c1-8-10-11-12-30-40-47-54-70(75)83-60-68(90-73(78)57-50-43-36-29-28-32-38-45-52-65(5)6)62-87-91(79,80)85-58-67(74)59-86-92(81,82)88-63-69(61-84-71(76)55-48-41-34-27-23-24-31-37-44-51-64(3)4)89-72(77)56-49-42-35-26-22-20-18-16-14-13-15-17-19-21-25-33-39-46-53-66(7)9-2/h64-69,74H,8-63H2,1-7H3,(H,79,80)(H,81,82)/t66?,67-,68+,69+/m0/s1. The summed E-state index contributed by atoms with van der Waals surface area (Å²) in [6.45, 7) is 11.8. The van der Waals surface area contributed by atoms with Crippen molar-refractivity contribution in [2.24, 2.45) is 17.8 Å². The molecule has 0 rings (SSSR count). The SMILES string of the molecule is CCCCCCCCCC(=O)OC[C@H](COP(=O)(O)OC[C@H](O)COP(=O)(O)OC[C@@H](COC(=O)CCCCCCCCCCCC(C)C)OC(=O)CCCCCCCCCCCCCCCCCCCCC(C)CC)OC(=O)CCCCCCCCCCC(C)C. The zero-order valence-corrected chi connectivity index (χ0v) is 61.8. The third kappa shape index (κ3) is 65.4. The molecule has 0 aliphatic rings. The summed E-state index contributed by atoms with van der Waals surface area (Å²) in [4.78, 5) is 72.5. The first kappa shape index (κ1) is 90.1. The van der Waals surface area contributed by atoms with Crippen molar-refractivity contribution in [3.63, 3.8) is 0 Å². The number of aliphatic hydroxyl groups excluding tert-OH is 1. The summed E-state index contributed by atoms with van der Waals surface area (Å²) in [5, 5.41) is 10.6. The Balaban J connectivity index is 5.14. The van der Waals surface area contributed by atoms with E-state index in [1.54, 1.807) is 0 Å². The lowest BCUT2D eigenvalue weighted by Gasteiger charge is -2.21. The first-order chi connectivity index (χ1) is 44.3. The Morgan fingerprint density at radius 2 is 0.554 bits per heavy atom.